The van der Waals surface area contributed by atoms with Gasteiger partial charge in [-0.1, -0.05) is 6.07 Å². The minimum atomic E-state index is 0.459. The van der Waals surface area contributed by atoms with Crippen LogP contribution in [-0.2, 0) is 0 Å². The monoisotopic (exact) mass is 279 g/mol. The third-order valence-electron chi connectivity index (χ3n) is 2.03. The molecule has 0 bridgehead atoms. The van der Waals surface area contributed by atoms with E-state index in [1.54, 1.807) is 18.5 Å². The molecule has 0 amide bonds. The van der Waals surface area contributed by atoms with Crippen molar-refractivity contribution in [3.05, 3.63) is 40.8 Å². The quantitative estimate of drug-likeness (QED) is 0.859. The number of hydrogen-bond donors (Lipinski definition) is 1. The first-order chi connectivity index (χ1) is 7.68. The first-order valence-corrected chi connectivity index (χ1v) is 5.47. The number of aromatic nitrogens is 2. The van der Waals surface area contributed by atoms with Crippen LogP contribution in [0.5, 0.6) is 11.6 Å². The Hall–Kier alpha value is -1.62. The fourth-order valence-corrected chi connectivity index (χ4v) is 1.69. The maximum Gasteiger partial charge on any atom is 0.240 e. The molecule has 0 saturated heterocycles. The second-order valence-corrected chi connectivity index (χ2v) is 4.06. The van der Waals surface area contributed by atoms with Crippen LogP contribution in [-0.4, -0.2) is 9.97 Å². The Morgan fingerprint density at radius 2 is 2.00 bits per heavy atom. The molecule has 1 heterocycles. The van der Waals surface area contributed by atoms with Crippen molar-refractivity contribution in [1.29, 1.82) is 0 Å². The Morgan fingerprint density at radius 1 is 1.25 bits per heavy atom. The van der Waals surface area contributed by atoms with Crippen molar-refractivity contribution in [3.8, 4) is 11.6 Å². The summed E-state index contributed by atoms with van der Waals surface area (Å²) in [5.41, 5.74) is 7.09. The molecule has 0 aliphatic rings. The van der Waals surface area contributed by atoms with E-state index in [9.17, 15) is 0 Å². The zero-order chi connectivity index (χ0) is 11.5. The zero-order valence-electron chi connectivity index (χ0n) is 8.64. The van der Waals surface area contributed by atoms with Gasteiger partial charge in [0.05, 0.1) is 15.9 Å². The third-order valence-corrected chi connectivity index (χ3v) is 2.66. The topological polar surface area (TPSA) is 61.0 Å². The molecule has 2 aromatic rings. The summed E-state index contributed by atoms with van der Waals surface area (Å²) in [4.78, 5) is 8.19. The SMILES string of the molecule is Cc1nccnc1Oc1c(N)cccc1Br. The molecule has 4 nitrogen and oxygen atoms in total. The molecule has 0 radical (unpaired) electrons. The Bertz CT molecular complexity index is 496. The lowest BCUT2D eigenvalue weighted by Crippen LogP contribution is -1.97. The maximum absolute atomic E-state index is 5.82. The standard InChI is InChI=1S/C11H10BrN3O/c1-7-11(15-6-5-14-7)16-10-8(12)3-2-4-9(10)13/h2-6H,13H2,1H3. The highest BCUT2D eigenvalue weighted by molar-refractivity contribution is 9.10. The smallest absolute Gasteiger partial charge is 0.240 e. The number of benzene rings is 1. The normalized spacial score (nSPS) is 10.1. The van der Waals surface area contributed by atoms with Crippen LogP contribution in [0.2, 0.25) is 0 Å². The van der Waals surface area contributed by atoms with Gasteiger partial charge in [-0.15, -0.1) is 0 Å². The second kappa shape index (κ2) is 4.49. The highest BCUT2D eigenvalue weighted by Crippen LogP contribution is 2.34. The van der Waals surface area contributed by atoms with E-state index >= 15 is 0 Å². The van der Waals surface area contributed by atoms with E-state index in [1.165, 1.54) is 0 Å². The zero-order valence-corrected chi connectivity index (χ0v) is 10.2. The minimum Gasteiger partial charge on any atom is -0.434 e. The van der Waals surface area contributed by atoms with E-state index in [4.69, 9.17) is 10.5 Å². The fourth-order valence-electron chi connectivity index (χ4n) is 1.22. The van der Waals surface area contributed by atoms with Gasteiger partial charge < -0.3 is 10.5 Å². The van der Waals surface area contributed by atoms with Crippen LogP contribution < -0.4 is 10.5 Å². The van der Waals surface area contributed by atoms with Crippen LogP contribution in [0.25, 0.3) is 0 Å². The van der Waals surface area contributed by atoms with E-state index < -0.39 is 0 Å². The summed E-state index contributed by atoms with van der Waals surface area (Å²) in [6.07, 6.45) is 3.20. The highest BCUT2D eigenvalue weighted by atomic mass is 79.9. The number of para-hydroxylation sites is 1. The van der Waals surface area contributed by atoms with Gasteiger partial charge in [-0.3, -0.25) is 4.98 Å². The Morgan fingerprint density at radius 3 is 2.69 bits per heavy atom. The van der Waals surface area contributed by atoms with Crippen molar-refractivity contribution in [2.75, 3.05) is 5.73 Å². The summed E-state index contributed by atoms with van der Waals surface area (Å²) >= 11 is 3.38. The molecule has 2 N–H and O–H groups in total. The van der Waals surface area contributed by atoms with E-state index in [-0.39, 0.29) is 0 Å². The van der Waals surface area contributed by atoms with Crippen LogP contribution in [0, 0.1) is 6.92 Å². The van der Waals surface area contributed by atoms with Gasteiger partial charge in [0.1, 0.15) is 0 Å². The highest BCUT2D eigenvalue weighted by Gasteiger charge is 2.09. The molecular formula is C11H10BrN3O. The number of nitrogen functional groups attached to an aromatic ring is 1. The van der Waals surface area contributed by atoms with Crippen LogP contribution >= 0.6 is 15.9 Å². The number of ether oxygens (including phenoxy) is 1. The predicted molar refractivity (Wildman–Crippen MR) is 65.4 cm³/mol. The number of nitrogens with zero attached hydrogens (tertiary/aromatic N) is 2. The van der Waals surface area contributed by atoms with Gasteiger partial charge in [0.2, 0.25) is 5.88 Å². The van der Waals surface area contributed by atoms with Crippen LogP contribution in [0.15, 0.2) is 35.1 Å². The number of nitrogens with two attached hydrogens (primary N) is 1. The van der Waals surface area contributed by atoms with Gasteiger partial charge in [-0.2, -0.15) is 0 Å². The molecule has 0 unspecified atom stereocenters. The third kappa shape index (κ3) is 2.14. The largest absolute Gasteiger partial charge is 0.434 e. The van der Waals surface area contributed by atoms with Gasteiger partial charge in [0, 0.05) is 12.4 Å². The Kier molecular flexibility index (Phi) is 3.05. The summed E-state index contributed by atoms with van der Waals surface area (Å²) in [5, 5.41) is 0. The Labute approximate surface area is 102 Å². The average molecular weight is 280 g/mol. The fraction of sp³-hybridized carbons (Fsp3) is 0.0909. The van der Waals surface area contributed by atoms with Crippen LogP contribution in [0.4, 0.5) is 5.69 Å². The molecule has 5 heteroatoms. The average Bonchev–Trinajstić information content (AvgIpc) is 2.26. The summed E-state index contributed by atoms with van der Waals surface area (Å²) in [5.74, 6) is 1.02. The van der Waals surface area contributed by atoms with Crippen molar-refractivity contribution in [2.45, 2.75) is 6.92 Å². The lowest BCUT2D eigenvalue weighted by Gasteiger charge is -2.10. The molecule has 0 fully saturated rings. The van der Waals surface area contributed by atoms with Crippen molar-refractivity contribution in [2.24, 2.45) is 0 Å². The second-order valence-electron chi connectivity index (χ2n) is 3.21. The molecule has 0 aliphatic carbocycles. The summed E-state index contributed by atoms with van der Waals surface area (Å²) < 4.78 is 6.41. The maximum atomic E-state index is 5.82. The molecule has 16 heavy (non-hydrogen) atoms. The van der Waals surface area contributed by atoms with Gasteiger partial charge >= 0.3 is 0 Å². The summed E-state index contributed by atoms with van der Waals surface area (Å²) in [6, 6.07) is 5.47. The number of halogens is 1. The minimum absolute atomic E-state index is 0.459. The lowest BCUT2D eigenvalue weighted by atomic mass is 10.3. The Balaban J connectivity index is 2.38. The van der Waals surface area contributed by atoms with E-state index in [0.717, 1.165) is 10.2 Å². The van der Waals surface area contributed by atoms with Crippen LogP contribution in [0.3, 0.4) is 0 Å². The number of hydrogen-bond acceptors (Lipinski definition) is 4. The lowest BCUT2D eigenvalue weighted by molar-refractivity contribution is 0.455. The molecule has 82 valence electrons. The van der Waals surface area contributed by atoms with Crippen molar-refractivity contribution in [1.82, 2.24) is 9.97 Å². The molecule has 0 saturated carbocycles. The molecule has 1 aromatic carbocycles. The van der Waals surface area contributed by atoms with E-state index in [0.29, 0.717) is 17.3 Å². The van der Waals surface area contributed by atoms with Gasteiger partial charge in [0.15, 0.2) is 5.75 Å². The van der Waals surface area contributed by atoms with Gasteiger partial charge in [0.25, 0.3) is 0 Å². The number of aryl methyl sites for hydroxylation is 1. The first kappa shape index (κ1) is 10.9. The van der Waals surface area contributed by atoms with Gasteiger partial charge in [-0.05, 0) is 35.0 Å². The molecule has 1 aromatic heterocycles. The van der Waals surface area contributed by atoms with E-state index in [2.05, 4.69) is 25.9 Å². The first-order valence-electron chi connectivity index (χ1n) is 4.68. The molecule has 0 aliphatic heterocycles. The summed E-state index contributed by atoms with van der Waals surface area (Å²) in [6.45, 7) is 1.83. The molecule has 0 atom stereocenters. The van der Waals surface area contributed by atoms with Crippen molar-refractivity contribution >= 4 is 21.6 Å². The predicted octanol–water partition coefficient (Wildman–Crippen LogP) is 2.92. The molecular weight excluding hydrogens is 270 g/mol. The van der Waals surface area contributed by atoms with Gasteiger partial charge in [-0.25, -0.2) is 4.98 Å². The van der Waals surface area contributed by atoms with Crippen molar-refractivity contribution < 1.29 is 4.74 Å². The van der Waals surface area contributed by atoms with Crippen molar-refractivity contribution in [3.63, 3.8) is 0 Å². The van der Waals surface area contributed by atoms with Crippen LogP contribution in [0.1, 0.15) is 5.69 Å². The molecule has 0 spiro atoms. The number of rotatable bonds is 2. The molecule has 2 rings (SSSR count). The summed E-state index contributed by atoms with van der Waals surface area (Å²) in [7, 11) is 0. The number of anilines is 1. The van der Waals surface area contributed by atoms with E-state index in [1.807, 2.05) is 19.1 Å².